The second-order valence-electron chi connectivity index (χ2n) is 5.05. The summed E-state index contributed by atoms with van der Waals surface area (Å²) in [6.45, 7) is 4.61. The molecule has 2 N–H and O–H groups in total. The predicted molar refractivity (Wildman–Crippen MR) is 82.7 cm³/mol. The molecule has 0 fully saturated rings. The maximum atomic E-state index is 11.8. The molecule has 1 aromatic heterocycles. The number of carbonyl (C=O) groups excluding carboxylic acids is 1. The van der Waals surface area contributed by atoms with Crippen molar-refractivity contribution in [2.45, 2.75) is 33.2 Å². The Balaban J connectivity index is 2.13. The number of ether oxygens (including phenoxy) is 1. The molecule has 0 unspecified atom stereocenters. The number of hydrogen-bond acceptors (Lipinski definition) is 4. The molecule has 0 aliphatic rings. The number of carbonyl (C=O) groups is 1. The topological polar surface area (TPSA) is 70.1 Å². The van der Waals surface area contributed by atoms with Crippen molar-refractivity contribution in [2.24, 2.45) is 0 Å². The molecular formula is C16H21N3O2. The van der Waals surface area contributed by atoms with E-state index in [2.05, 4.69) is 12.0 Å². The van der Waals surface area contributed by atoms with Gasteiger partial charge in [0.05, 0.1) is 12.3 Å². The van der Waals surface area contributed by atoms with Gasteiger partial charge in [0, 0.05) is 6.07 Å². The Hall–Kier alpha value is -2.30. The third-order valence-electron chi connectivity index (χ3n) is 3.19. The maximum Gasteiger partial charge on any atom is 0.327 e. The van der Waals surface area contributed by atoms with Gasteiger partial charge in [-0.1, -0.05) is 43.2 Å². The first kappa shape index (κ1) is 15.1. The van der Waals surface area contributed by atoms with Gasteiger partial charge in [-0.3, -0.25) is 9.48 Å². The highest BCUT2D eigenvalue weighted by Gasteiger charge is 2.12. The molecule has 0 amide bonds. The van der Waals surface area contributed by atoms with Crippen molar-refractivity contribution < 1.29 is 9.53 Å². The van der Waals surface area contributed by atoms with Crippen molar-refractivity contribution in [1.82, 2.24) is 9.78 Å². The number of aromatic nitrogens is 2. The number of nitrogens with two attached hydrogens (primary N) is 1. The second-order valence-corrected chi connectivity index (χ2v) is 5.05. The molecule has 0 saturated carbocycles. The van der Waals surface area contributed by atoms with E-state index in [9.17, 15) is 4.79 Å². The summed E-state index contributed by atoms with van der Waals surface area (Å²) in [5, 5.41) is 4.17. The van der Waals surface area contributed by atoms with E-state index < -0.39 is 0 Å². The standard InChI is InChI=1S/C16H21N3O2/c1-3-4-9-21-16(20)11-19-14(10-15(17)18-19)13-7-5-12(2)6-8-13/h5-8,10H,3-4,9,11H2,1-2H3,(H2,17,18). The molecular weight excluding hydrogens is 266 g/mol. The third-order valence-corrected chi connectivity index (χ3v) is 3.19. The Bertz CT molecular complexity index is 602. The zero-order valence-electron chi connectivity index (χ0n) is 12.5. The molecule has 5 heteroatoms. The molecule has 112 valence electrons. The molecule has 2 rings (SSSR count). The number of esters is 1. The Kier molecular flexibility index (Phi) is 4.98. The Morgan fingerprint density at radius 2 is 2.05 bits per heavy atom. The number of nitrogens with zero attached hydrogens (tertiary/aromatic N) is 2. The normalized spacial score (nSPS) is 10.6. The number of benzene rings is 1. The van der Waals surface area contributed by atoms with E-state index in [1.54, 1.807) is 10.7 Å². The summed E-state index contributed by atoms with van der Waals surface area (Å²) in [6, 6.07) is 9.78. The van der Waals surface area contributed by atoms with Crippen LogP contribution >= 0.6 is 0 Å². The molecule has 2 aromatic rings. The minimum absolute atomic E-state index is 0.0735. The number of hydrogen-bond donors (Lipinski definition) is 1. The van der Waals surface area contributed by atoms with E-state index in [0.717, 1.165) is 24.1 Å². The average molecular weight is 287 g/mol. The predicted octanol–water partition coefficient (Wildman–Crippen LogP) is 2.78. The summed E-state index contributed by atoms with van der Waals surface area (Å²) in [7, 11) is 0. The largest absolute Gasteiger partial charge is 0.464 e. The van der Waals surface area contributed by atoms with Gasteiger partial charge in [0.25, 0.3) is 0 Å². The Morgan fingerprint density at radius 3 is 2.71 bits per heavy atom. The van der Waals surface area contributed by atoms with E-state index in [1.165, 1.54) is 5.56 Å². The SMILES string of the molecule is CCCCOC(=O)Cn1nc(N)cc1-c1ccc(C)cc1. The molecule has 0 bridgehead atoms. The zero-order chi connectivity index (χ0) is 15.2. The van der Waals surface area contributed by atoms with Crippen molar-refractivity contribution in [1.29, 1.82) is 0 Å². The number of unbranched alkanes of at least 4 members (excludes halogenated alkanes) is 1. The highest BCUT2D eigenvalue weighted by Crippen LogP contribution is 2.22. The molecule has 5 nitrogen and oxygen atoms in total. The van der Waals surface area contributed by atoms with Crippen molar-refractivity contribution >= 4 is 11.8 Å². The van der Waals surface area contributed by atoms with Crippen LogP contribution < -0.4 is 5.73 Å². The summed E-state index contributed by atoms with van der Waals surface area (Å²) in [6.07, 6.45) is 1.87. The van der Waals surface area contributed by atoms with Crippen LogP contribution in [0.5, 0.6) is 0 Å². The lowest BCUT2D eigenvalue weighted by molar-refractivity contribution is -0.144. The lowest BCUT2D eigenvalue weighted by Gasteiger charge is -2.08. The minimum atomic E-state index is -0.292. The van der Waals surface area contributed by atoms with E-state index >= 15 is 0 Å². The lowest BCUT2D eigenvalue weighted by Crippen LogP contribution is -2.16. The van der Waals surface area contributed by atoms with Crippen molar-refractivity contribution in [3.05, 3.63) is 35.9 Å². The average Bonchev–Trinajstić information content (AvgIpc) is 2.80. The molecule has 0 atom stereocenters. The van der Waals surface area contributed by atoms with Crippen LogP contribution in [-0.2, 0) is 16.1 Å². The van der Waals surface area contributed by atoms with Crippen LogP contribution in [0.4, 0.5) is 5.82 Å². The van der Waals surface area contributed by atoms with E-state index in [4.69, 9.17) is 10.5 Å². The number of rotatable bonds is 6. The lowest BCUT2D eigenvalue weighted by atomic mass is 10.1. The van der Waals surface area contributed by atoms with Gasteiger partial charge in [0.2, 0.25) is 0 Å². The van der Waals surface area contributed by atoms with Crippen molar-refractivity contribution in [3.8, 4) is 11.3 Å². The van der Waals surface area contributed by atoms with Crippen LogP contribution in [0, 0.1) is 6.92 Å². The van der Waals surface area contributed by atoms with Gasteiger partial charge < -0.3 is 10.5 Å². The maximum absolute atomic E-state index is 11.8. The van der Waals surface area contributed by atoms with Crippen LogP contribution in [0.15, 0.2) is 30.3 Å². The molecule has 0 aliphatic heterocycles. The van der Waals surface area contributed by atoms with Crippen LogP contribution in [0.25, 0.3) is 11.3 Å². The number of aryl methyl sites for hydroxylation is 1. The Morgan fingerprint density at radius 1 is 1.33 bits per heavy atom. The van der Waals surface area contributed by atoms with Gasteiger partial charge in [-0.2, -0.15) is 5.10 Å². The fraction of sp³-hybridized carbons (Fsp3) is 0.375. The van der Waals surface area contributed by atoms with E-state index in [1.807, 2.05) is 31.2 Å². The smallest absolute Gasteiger partial charge is 0.327 e. The van der Waals surface area contributed by atoms with Gasteiger partial charge >= 0.3 is 5.97 Å². The van der Waals surface area contributed by atoms with Gasteiger partial charge in [-0.05, 0) is 18.9 Å². The van der Waals surface area contributed by atoms with Gasteiger partial charge in [0.1, 0.15) is 12.4 Å². The fourth-order valence-electron chi connectivity index (χ4n) is 2.01. The fourth-order valence-corrected chi connectivity index (χ4v) is 2.01. The number of anilines is 1. The van der Waals surface area contributed by atoms with Gasteiger partial charge in [0.15, 0.2) is 0 Å². The highest BCUT2D eigenvalue weighted by molar-refractivity contribution is 5.71. The zero-order valence-corrected chi connectivity index (χ0v) is 12.5. The van der Waals surface area contributed by atoms with Gasteiger partial charge in [-0.25, -0.2) is 0 Å². The summed E-state index contributed by atoms with van der Waals surface area (Å²) in [5.74, 6) is 0.104. The van der Waals surface area contributed by atoms with Crippen molar-refractivity contribution in [2.75, 3.05) is 12.3 Å². The minimum Gasteiger partial charge on any atom is -0.464 e. The molecule has 0 aliphatic carbocycles. The van der Waals surface area contributed by atoms with Crippen LogP contribution in [-0.4, -0.2) is 22.4 Å². The molecule has 0 spiro atoms. The summed E-state index contributed by atoms with van der Waals surface area (Å²) in [4.78, 5) is 11.8. The second kappa shape index (κ2) is 6.92. The van der Waals surface area contributed by atoms with Crippen LogP contribution in [0.1, 0.15) is 25.3 Å². The number of nitrogen functional groups attached to an aromatic ring is 1. The monoisotopic (exact) mass is 287 g/mol. The van der Waals surface area contributed by atoms with E-state index in [0.29, 0.717) is 12.4 Å². The van der Waals surface area contributed by atoms with Crippen LogP contribution in [0.3, 0.4) is 0 Å². The molecule has 1 aromatic carbocycles. The first-order valence-electron chi connectivity index (χ1n) is 7.16. The first-order valence-corrected chi connectivity index (χ1v) is 7.16. The summed E-state index contributed by atoms with van der Waals surface area (Å²) >= 11 is 0. The first-order chi connectivity index (χ1) is 10.1. The molecule has 0 radical (unpaired) electrons. The summed E-state index contributed by atoms with van der Waals surface area (Å²) < 4.78 is 6.76. The quantitative estimate of drug-likeness (QED) is 0.655. The Labute approximate surface area is 124 Å². The molecule has 1 heterocycles. The summed E-state index contributed by atoms with van der Waals surface area (Å²) in [5.41, 5.74) is 8.73. The van der Waals surface area contributed by atoms with E-state index in [-0.39, 0.29) is 12.5 Å². The third kappa shape index (κ3) is 4.08. The molecule has 0 saturated heterocycles. The van der Waals surface area contributed by atoms with Crippen molar-refractivity contribution in [3.63, 3.8) is 0 Å². The molecule has 21 heavy (non-hydrogen) atoms. The van der Waals surface area contributed by atoms with Crippen LogP contribution in [0.2, 0.25) is 0 Å². The highest BCUT2D eigenvalue weighted by atomic mass is 16.5. The van der Waals surface area contributed by atoms with Gasteiger partial charge in [-0.15, -0.1) is 0 Å².